The smallest absolute Gasteiger partial charge is 0.146 e. The predicted molar refractivity (Wildman–Crippen MR) is 213 cm³/mol. The van der Waals surface area contributed by atoms with E-state index in [9.17, 15) is 0 Å². The van der Waals surface area contributed by atoms with Gasteiger partial charge in [-0.25, -0.2) is 4.98 Å². The molecule has 0 bridgehead atoms. The van der Waals surface area contributed by atoms with Gasteiger partial charge in [0.25, 0.3) is 0 Å². The van der Waals surface area contributed by atoms with Gasteiger partial charge in [-0.2, -0.15) is 0 Å². The van der Waals surface area contributed by atoms with Crippen molar-refractivity contribution in [1.29, 1.82) is 0 Å². The van der Waals surface area contributed by atoms with E-state index in [2.05, 4.69) is 186 Å². The zero-order valence-corrected chi connectivity index (χ0v) is 28.2. The van der Waals surface area contributed by atoms with E-state index < -0.39 is 0 Å². The minimum atomic E-state index is 0.221. The molecular weight excluding hydrogens is 619 g/mol. The lowest BCUT2D eigenvalue weighted by atomic mass is 9.72. The van der Waals surface area contributed by atoms with Crippen LogP contribution in [0.4, 0.5) is 0 Å². The van der Waals surface area contributed by atoms with Crippen molar-refractivity contribution in [3.8, 4) is 16.8 Å². The molecular formula is C48H33N3. The Labute approximate surface area is 295 Å². The number of para-hydroxylation sites is 3. The van der Waals surface area contributed by atoms with Crippen molar-refractivity contribution in [2.75, 3.05) is 0 Å². The fourth-order valence-electron chi connectivity index (χ4n) is 8.90. The van der Waals surface area contributed by atoms with Gasteiger partial charge in [0.15, 0.2) is 0 Å². The Kier molecular flexibility index (Phi) is 6.00. The van der Waals surface area contributed by atoms with Gasteiger partial charge in [-0.1, -0.05) is 128 Å². The quantitative estimate of drug-likeness (QED) is 0.174. The Morgan fingerprint density at radius 3 is 2.14 bits per heavy atom. The highest BCUT2D eigenvalue weighted by atomic mass is 15.0. The van der Waals surface area contributed by atoms with E-state index in [4.69, 9.17) is 4.98 Å². The first-order valence-electron chi connectivity index (χ1n) is 17.8. The van der Waals surface area contributed by atoms with Gasteiger partial charge in [0.1, 0.15) is 5.65 Å². The molecule has 9 aromatic rings. The molecule has 2 aliphatic carbocycles. The summed E-state index contributed by atoms with van der Waals surface area (Å²) in [7, 11) is 0. The molecule has 2 atom stereocenters. The first kappa shape index (κ1) is 28.4. The lowest BCUT2D eigenvalue weighted by molar-refractivity contribution is 0.594. The molecule has 0 radical (unpaired) electrons. The molecule has 0 spiro atoms. The second kappa shape index (κ2) is 10.8. The van der Waals surface area contributed by atoms with Gasteiger partial charge in [0, 0.05) is 39.0 Å². The highest BCUT2D eigenvalue weighted by molar-refractivity contribution is 6.15. The van der Waals surface area contributed by atoms with E-state index in [1.165, 1.54) is 66.5 Å². The van der Waals surface area contributed by atoms with Crippen LogP contribution < -0.4 is 0 Å². The summed E-state index contributed by atoms with van der Waals surface area (Å²) in [6.45, 7) is 2.37. The molecule has 3 heterocycles. The van der Waals surface area contributed by atoms with Gasteiger partial charge in [-0.15, -0.1) is 0 Å². The maximum Gasteiger partial charge on any atom is 0.146 e. The summed E-state index contributed by atoms with van der Waals surface area (Å²) in [6, 6.07) is 52.9. The molecule has 2 aliphatic rings. The van der Waals surface area contributed by atoms with Crippen LogP contribution in [-0.4, -0.2) is 14.0 Å². The molecule has 240 valence electrons. The van der Waals surface area contributed by atoms with E-state index in [-0.39, 0.29) is 5.92 Å². The predicted octanol–water partition coefficient (Wildman–Crippen LogP) is 12.2. The van der Waals surface area contributed by atoms with Gasteiger partial charge in [-0.3, -0.25) is 4.40 Å². The molecule has 0 amide bonds. The third kappa shape index (κ3) is 4.09. The number of rotatable bonds is 3. The van der Waals surface area contributed by atoms with Crippen LogP contribution in [0.2, 0.25) is 0 Å². The number of imidazole rings is 1. The zero-order valence-electron chi connectivity index (χ0n) is 28.2. The summed E-state index contributed by atoms with van der Waals surface area (Å²) >= 11 is 0. The molecule has 3 heteroatoms. The van der Waals surface area contributed by atoms with E-state index >= 15 is 0 Å². The maximum atomic E-state index is 5.24. The molecule has 0 saturated carbocycles. The number of pyridine rings is 1. The van der Waals surface area contributed by atoms with E-state index in [1.807, 2.05) is 0 Å². The number of fused-ring (bicyclic) bond motifs is 13. The van der Waals surface area contributed by atoms with Gasteiger partial charge in [0.05, 0.1) is 22.1 Å². The van der Waals surface area contributed by atoms with E-state index in [1.54, 1.807) is 0 Å². The third-order valence-corrected chi connectivity index (χ3v) is 11.2. The molecule has 0 aliphatic heterocycles. The summed E-state index contributed by atoms with van der Waals surface area (Å²) < 4.78 is 4.90. The van der Waals surface area contributed by atoms with Crippen LogP contribution in [0.1, 0.15) is 29.7 Å². The second-order valence-electron chi connectivity index (χ2n) is 14.0. The Morgan fingerprint density at radius 1 is 0.569 bits per heavy atom. The molecule has 6 aromatic carbocycles. The minimum Gasteiger partial charge on any atom is -0.312 e. The van der Waals surface area contributed by atoms with Crippen LogP contribution in [0.3, 0.4) is 0 Å². The normalized spacial score (nSPS) is 16.9. The van der Waals surface area contributed by atoms with Gasteiger partial charge < -0.3 is 4.57 Å². The van der Waals surface area contributed by atoms with Crippen molar-refractivity contribution in [3.63, 3.8) is 0 Å². The van der Waals surface area contributed by atoms with Gasteiger partial charge >= 0.3 is 0 Å². The fourth-order valence-corrected chi connectivity index (χ4v) is 8.90. The van der Waals surface area contributed by atoms with Crippen molar-refractivity contribution in [2.45, 2.75) is 12.8 Å². The maximum absolute atomic E-state index is 5.24. The van der Waals surface area contributed by atoms with E-state index in [0.717, 1.165) is 27.6 Å². The molecule has 2 unspecified atom stereocenters. The Hall–Kier alpha value is -6.45. The molecule has 3 nitrogen and oxygen atoms in total. The fraction of sp³-hybridized carbons (Fsp3) is 0.0625. The van der Waals surface area contributed by atoms with E-state index in [0.29, 0.717) is 5.92 Å². The Morgan fingerprint density at radius 2 is 1.29 bits per heavy atom. The number of nitrogens with zero attached hydrogens (tertiary/aromatic N) is 3. The van der Waals surface area contributed by atoms with Crippen LogP contribution in [0, 0.1) is 5.92 Å². The molecule has 0 fully saturated rings. The lowest BCUT2D eigenvalue weighted by Gasteiger charge is -2.34. The molecule has 11 rings (SSSR count). The van der Waals surface area contributed by atoms with Crippen molar-refractivity contribution in [2.24, 2.45) is 5.92 Å². The lowest BCUT2D eigenvalue weighted by Crippen LogP contribution is -2.21. The zero-order chi connectivity index (χ0) is 33.6. The molecule has 51 heavy (non-hydrogen) atoms. The standard InChI is InChI=1S/C48H33N3/c1-30-13-12-19-37-39(32-16-6-3-7-17-32)29-41-35-18-8-10-21-43(35)50(47(41)46(30)37)34-24-26-38-40(28-34)36-25-23-33(31-14-4-2-5-15-31)27-45(36)51-44-22-11-9-20-42(44)49-48(38)51/h2-30,46H,1H3. The topological polar surface area (TPSA) is 22.2 Å². The Bertz CT molecular complexity index is 2970. The Balaban J connectivity index is 1.23. The van der Waals surface area contributed by atoms with Crippen molar-refractivity contribution >= 4 is 60.9 Å². The van der Waals surface area contributed by atoms with Crippen molar-refractivity contribution in [1.82, 2.24) is 14.0 Å². The van der Waals surface area contributed by atoms with Crippen LogP contribution >= 0.6 is 0 Å². The average Bonchev–Trinajstić information content (AvgIpc) is 3.75. The van der Waals surface area contributed by atoms with Gasteiger partial charge in [0.2, 0.25) is 0 Å². The second-order valence-corrected chi connectivity index (χ2v) is 14.0. The van der Waals surface area contributed by atoms with Crippen LogP contribution in [0.15, 0.2) is 169 Å². The third-order valence-electron chi connectivity index (χ3n) is 11.2. The molecule has 0 N–H and O–H groups in total. The highest BCUT2D eigenvalue weighted by Gasteiger charge is 2.36. The summed E-state index contributed by atoms with van der Waals surface area (Å²) in [6.07, 6.45) is 9.40. The van der Waals surface area contributed by atoms with Crippen LogP contribution in [0.5, 0.6) is 0 Å². The first-order chi connectivity index (χ1) is 25.2. The number of benzene rings is 6. The largest absolute Gasteiger partial charge is 0.312 e. The summed E-state index contributed by atoms with van der Waals surface area (Å²) in [4.78, 5) is 5.24. The summed E-state index contributed by atoms with van der Waals surface area (Å²) in [5, 5.41) is 4.86. The molecule has 3 aromatic heterocycles. The minimum absolute atomic E-state index is 0.221. The average molecular weight is 652 g/mol. The van der Waals surface area contributed by atoms with Crippen LogP contribution in [-0.2, 0) is 0 Å². The number of aromatic nitrogens is 3. The van der Waals surface area contributed by atoms with Crippen molar-refractivity contribution < 1.29 is 0 Å². The van der Waals surface area contributed by atoms with Crippen LogP contribution in [0.25, 0.3) is 77.7 Å². The summed E-state index contributed by atoms with van der Waals surface area (Å²) in [5.41, 5.74) is 15.7. The number of hydrogen-bond donors (Lipinski definition) is 0. The SMILES string of the molecule is CC1C=CC=C2C(c3ccccc3)=Cc3c(n(-c4ccc5c(c4)c4ccc(-c6ccccc6)cc4n4c6ccccc6nc54)c4ccccc34)C21. The molecule has 0 saturated heterocycles. The number of allylic oxidation sites excluding steroid dienone is 5. The first-order valence-corrected chi connectivity index (χ1v) is 17.8. The van der Waals surface area contributed by atoms with Crippen molar-refractivity contribution in [3.05, 3.63) is 186 Å². The summed E-state index contributed by atoms with van der Waals surface area (Å²) in [5.74, 6) is 0.562. The monoisotopic (exact) mass is 651 g/mol. The van der Waals surface area contributed by atoms with Gasteiger partial charge in [-0.05, 0) is 87.7 Å². The number of hydrogen-bond acceptors (Lipinski definition) is 1. The highest BCUT2D eigenvalue weighted by Crippen LogP contribution is 2.51.